The number of hydrogen-bond donors (Lipinski definition) is 1. The second-order valence-corrected chi connectivity index (χ2v) is 6.43. The van der Waals surface area contributed by atoms with Crippen molar-refractivity contribution in [2.75, 3.05) is 26.4 Å². The lowest BCUT2D eigenvalue weighted by Crippen LogP contribution is -2.14. The average molecular weight is 358 g/mol. The Morgan fingerprint density at radius 3 is 2.71 bits per heavy atom. The van der Waals surface area contributed by atoms with E-state index in [0.717, 1.165) is 42.8 Å². The van der Waals surface area contributed by atoms with Crippen molar-refractivity contribution in [2.45, 2.75) is 40.2 Å². The van der Waals surface area contributed by atoms with Crippen molar-refractivity contribution >= 4 is 15.9 Å². The molecule has 0 radical (unpaired) electrons. The zero-order valence-corrected chi connectivity index (χ0v) is 15.0. The van der Waals surface area contributed by atoms with Gasteiger partial charge in [-0.25, -0.2) is 0 Å². The Morgan fingerprint density at radius 2 is 2.00 bits per heavy atom. The maximum atomic E-state index is 5.74. The predicted molar refractivity (Wildman–Crippen MR) is 91.9 cm³/mol. The van der Waals surface area contributed by atoms with Crippen LogP contribution in [0, 0.1) is 5.92 Å². The minimum Gasteiger partial charge on any atom is -0.491 e. The number of halogens is 1. The van der Waals surface area contributed by atoms with Crippen LogP contribution < -0.4 is 10.1 Å². The van der Waals surface area contributed by atoms with Crippen LogP contribution in [0.1, 0.15) is 39.2 Å². The molecular formula is C17H28BrNO2. The lowest BCUT2D eigenvalue weighted by atomic mass is 10.1. The van der Waals surface area contributed by atoms with E-state index in [-0.39, 0.29) is 0 Å². The molecule has 21 heavy (non-hydrogen) atoms. The molecule has 0 aliphatic carbocycles. The Hall–Kier alpha value is -0.580. The molecule has 1 aromatic rings. The van der Waals surface area contributed by atoms with Crippen LogP contribution in [0.15, 0.2) is 22.7 Å². The molecule has 1 N–H and O–H groups in total. The molecular weight excluding hydrogens is 330 g/mol. The van der Waals surface area contributed by atoms with E-state index in [9.17, 15) is 0 Å². The molecule has 0 fully saturated rings. The first kappa shape index (κ1) is 18.5. The molecule has 0 saturated carbocycles. The lowest BCUT2D eigenvalue weighted by Gasteiger charge is -2.11. The standard InChI is InChI=1S/C17H28BrNO2/c1-4-8-19-13-15-12-16(5-6-17(15)18)21-11-10-20-9-7-14(2)3/h5-6,12,14,19H,4,7-11,13H2,1-3H3. The summed E-state index contributed by atoms with van der Waals surface area (Å²) in [6, 6.07) is 6.11. The van der Waals surface area contributed by atoms with Crippen LogP contribution in [-0.2, 0) is 11.3 Å². The molecule has 0 aromatic heterocycles. The monoisotopic (exact) mass is 357 g/mol. The van der Waals surface area contributed by atoms with Crippen molar-refractivity contribution in [2.24, 2.45) is 5.92 Å². The molecule has 0 heterocycles. The second kappa shape index (κ2) is 11.0. The number of benzene rings is 1. The van der Waals surface area contributed by atoms with Crippen LogP contribution in [0.5, 0.6) is 5.75 Å². The molecule has 0 spiro atoms. The van der Waals surface area contributed by atoms with E-state index in [1.807, 2.05) is 12.1 Å². The predicted octanol–water partition coefficient (Wildman–Crippen LogP) is 4.39. The topological polar surface area (TPSA) is 30.5 Å². The maximum Gasteiger partial charge on any atom is 0.119 e. The highest BCUT2D eigenvalue weighted by Crippen LogP contribution is 2.22. The summed E-state index contributed by atoms with van der Waals surface area (Å²) < 4.78 is 12.4. The van der Waals surface area contributed by atoms with E-state index in [2.05, 4.69) is 48.1 Å². The number of nitrogens with one attached hydrogen (secondary N) is 1. The quantitative estimate of drug-likeness (QED) is 0.595. The van der Waals surface area contributed by atoms with E-state index < -0.39 is 0 Å². The van der Waals surface area contributed by atoms with E-state index in [1.54, 1.807) is 0 Å². The summed E-state index contributed by atoms with van der Waals surface area (Å²) in [5.74, 6) is 1.59. The zero-order chi connectivity index (χ0) is 15.5. The first-order chi connectivity index (χ1) is 10.1. The van der Waals surface area contributed by atoms with Gasteiger partial charge in [-0.15, -0.1) is 0 Å². The Bertz CT molecular complexity index is 396. The summed E-state index contributed by atoms with van der Waals surface area (Å²) >= 11 is 3.58. The molecule has 3 nitrogen and oxygen atoms in total. The highest BCUT2D eigenvalue weighted by molar-refractivity contribution is 9.10. The summed E-state index contributed by atoms with van der Waals surface area (Å²) in [6.07, 6.45) is 2.24. The number of hydrogen-bond acceptors (Lipinski definition) is 3. The Labute approximate surface area is 137 Å². The van der Waals surface area contributed by atoms with Crippen LogP contribution in [0.3, 0.4) is 0 Å². The Balaban J connectivity index is 2.29. The van der Waals surface area contributed by atoms with Crippen molar-refractivity contribution < 1.29 is 9.47 Å². The van der Waals surface area contributed by atoms with Crippen molar-refractivity contribution in [1.82, 2.24) is 5.32 Å². The van der Waals surface area contributed by atoms with Gasteiger partial charge in [0.15, 0.2) is 0 Å². The minimum absolute atomic E-state index is 0.599. The summed E-state index contributed by atoms with van der Waals surface area (Å²) in [4.78, 5) is 0. The highest BCUT2D eigenvalue weighted by atomic mass is 79.9. The van der Waals surface area contributed by atoms with Gasteiger partial charge in [0.2, 0.25) is 0 Å². The van der Waals surface area contributed by atoms with Crippen molar-refractivity contribution in [3.8, 4) is 5.75 Å². The van der Waals surface area contributed by atoms with Gasteiger partial charge in [0.25, 0.3) is 0 Å². The van der Waals surface area contributed by atoms with E-state index in [0.29, 0.717) is 19.1 Å². The third-order valence-corrected chi connectivity index (χ3v) is 3.87. The zero-order valence-electron chi connectivity index (χ0n) is 13.5. The van der Waals surface area contributed by atoms with Gasteiger partial charge >= 0.3 is 0 Å². The summed E-state index contributed by atoms with van der Waals surface area (Å²) in [5, 5.41) is 3.40. The first-order valence-corrected chi connectivity index (χ1v) is 8.62. The minimum atomic E-state index is 0.599. The maximum absolute atomic E-state index is 5.74. The van der Waals surface area contributed by atoms with Crippen LogP contribution >= 0.6 is 15.9 Å². The van der Waals surface area contributed by atoms with E-state index in [1.165, 1.54) is 5.56 Å². The van der Waals surface area contributed by atoms with Crippen LogP contribution in [0.25, 0.3) is 0 Å². The number of ether oxygens (including phenoxy) is 2. The van der Waals surface area contributed by atoms with Crippen molar-refractivity contribution in [3.05, 3.63) is 28.2 Å². The molecule has 0 atom stereocenters. The largest absolute Gasteiger partial charge is 0.491 e. The fourth-order valence-corrected chi connectivity index (χ4v) is 2.20. The first-order valence-electron chi connectivity index (χ1n) is 7.83. The van der Waals surface area contributed by atoms with Gasteiger partial charge in [0.1, 0.15) is 12.4 Å². The Kier molecular flexibility index (Phi) is 9.72. The molecule has 120 valence electrons. The van der Waals surface area contributed by atoms with Gasteiger partial charge < -0.3 is 14.8 Å². The molecule has 0 aliphatic heterocycles. The lowest BCUT2D eigenvalue weighted by molar-refractivity contribution is 0.0925. The molecule has 1 rings (SSSR count). The summed E-state index contributed by atoms with van der Waals surface area (Å²) in [7, 11) is 0. The van der Waals surface area contributed by atoms with E-state index >= 15 is 0 Å². The molecule has 0 amide bonds. The molecule has 0 unspecified atom stereocenters. The molecule has 4 heteroatoms. The summed E-state index contributed by atoms with van der Waals surface area (Å²) in [6.45, 7) is 10.5. The van der Waals surface area contributed by atoms with Crippen LogP contribution in [-0.4, -0.2) is 26.4 Å². The van der Waals surface area contributed by atoms with Gasteiger partial charge in [-0.3, -0.25) is 0 Å². The smallest absolute Gasteiger partial charge is 0.119 e. The van der Waals surface area contributed by atoms with Crippen LogP contribution in [0.2, 0.25) is 0 Å². The van der Waals surface area contributed by atoms with Gasteiger partial charge in [-0.1, -0.05) is 36.7 Å². The molecule has 0 aliphatic rings. The van der Waals surface area contributed by atoms with Gasteiger partial charge in [-0.2, -0.15) is 0 Å². The molecule has 0 bridgehead atoms. The summed E-state index contributed by atoms with van der Waals surface area (Å²) in [5.41, 5.74) is 1.22. The second-order valence-electron chi connectivity index (χ2n) is 5.57. The highest BCUT2D eigenvalue weighted by Gasteiger charge is 2.03. The van der Waals surface area contributed by atoms with Gasteiger partial charge in [0.05, 0.1) is 6.61 Å². The normalized spacial score (nSPS) is 11.1. The van der Waals surface area contributed by atoms with E-state index in [4.69, 9.17) is 9.47 Å². The third-order valence-electron chi connectivity index (χ3n) is 3.10. The van der Waals surface area contributed by atoms with Crippen molar-refractivity contribution in [1.29, 1.82) is 0 Å². The fourth-order valence-electron chi connectivity index (χ4n) is 1.82. The molecule has 0 saturated heterocycles. The van der Waals surface area contributed by atoms with Gasteiger partial charge in [0, 0.05) is 17.6 Å². The molecule has 1 aromatic carbocycles. The third kappa shape index (κ3) is 8.44. The fraction of sp³-hybridized carbons (Fsp3) is 0.647. The SMILES string of the molecule is CCCNCc1cc(OCCOCCC(C)C)ccc1Br. The number of rotatable bonds is 11. The Morgan fingerprint density at radius 1 is 1.19 bits per heavy atom. The van der Waals surface area contributed by atoms with Crippen LogP contribution in [0.4, 0.5) is 0 Å². The van der Waals surface area contributed by atoms with Gasteiger partial charge in [-0.05, 0) is 49.1 Å². The van der Waals surface area contributed by atoms with Crippen molar-refractivity contribution in [3.63, 3.8) is 0 Å². The average Bonchev–Trinajstić information content (AvgIpc) is 2.45.